The number of rotatable bonds is 6. The van der Waals surface area contributed by atoms with Gasteiger partial charge in [-0.2, -0.15) is 0 Å². The summed E-state index contributed by atoms with van der Waals surface area (Å²) in [7, 11) is 1.63. The molecule has 0 saturated heterocycles. The molecule has 0 fully saturated rings. The van der Waals surface area contributed by atoms with Crippen LogP contribution < -0.4 is 10.1 Å². The number of nitrogens with one attached hydrogen (secondary N) is 2. The first-order valence-electron chi connectivity index (χ1n) is 8.16. The highest BCUT2D eigenvalue weighted by atomic mass is 32.2. The summed E-state index contributed by atoms with van der Waals surface area (Å²) < 4.78 is 5.15. The van der Waals surface area contributed by atoms with Crippen LogP contribution in [0.2, 0.25) is 0 Å². The monoisotopic (exact) mass is 368 g/mol. The number of carbonyl (C=O) groups is 1. The molecule has 0 saturated carbocycles. The van der Waals surface area contributed by atoms with E-state index in [0.29, 0.717) is 11.0 Å². The van der Waals surface area contributed by atoms with Crippen LogP contribution in [0.1, 0.15) is 12.5 Å². The Labute approximate surface area is 156 Å². The third-order valence-electron chi connectivity index (χ3n) is 3.77. The molecule has 1 aromatic heterocycles. The largest absolute Gasteiger partial charge is 0.497 e. The first-order chi connectivity index (χ1) is 12.5. The molecule has 0 aliphatic carbocycles. The predicted molar refractivity (Wildman–Crippen MR) is 103 cm³/mol. The van der Waals surface area contributed by atoms with Gasteiger partial charge in [0.1, 0.15) is 5.75 Å². The van der Waals surface area contributed by atoms with E-state index in [2.05, 4.69) is 20.5 Å². The average molecular weight is 368 g/mol. The van der Waals surface area contributed by atoms with E-state index in [1.54, 1.807) is 7.11 Å². The van der Waals surface area contributed by atoms with E-state index in [4.69, 9.17) is 4.74 Å². The van der Waals surface area contributed by atoms with Crippen molar-refractivity contribution in [2.75, 3.05) is 12.4 Å². The zero-order valence-corrected chi connectivity index (χ0v) is 15.6. The third kappa shape index (κ3) is 4.43. The molecule has 1 heterocycles. The maximum absolute atomic E-state index is 12.4. The summed E-state index contributed by atoms with van der Waals surface area (Å²) in [4.78, 5) is 16.8. The van der Waals surface area contributed by atoms with Crippen molar-refractivity contribution in [3.63, 3.8) is 0 Å². The molecule has 0 aliphatic heterocycles. The second-order valence-electron chi connectivity index (χ2n) is 5.81. The number of nitrogens with zero attached hydrogens (tertiary/aromatic N) is 2. The van der Waals surface area contributed by atoms with E-state index in [1.807, 2.05) is 62.4 Å². The molecule has 1 amide bonds. The minimum absolute atomic E-state index is 0.0867. The fourth-order valence-corrected chi connectivity index (χ4v) is 3.08. The van der Waals surface area contributed by atoms with Gasteiger partial charge in [0.2, 0.25) is 11.1 Å². The lowest BCUT2D eigenvalue weighted by Gasteiger charge is -2.10. The maximum atomic E-state index is 12.4. The number of H-pyrrole nitrogens is 1. The number of anilines is 1. The Kier molecular flexibility index (Phi) is 5.58. The SMILES string of the molecule is COc1ccc(-c2nc(SC(C)C(=O)Nc3cccc(C)c3)n[nH]2)cc1. The van der Waals surface area contributed by atoms with Crippen molar-refractivity contribution in [2.45, 2.75) is 24.3 Å². The van der Waals surface area contributed by atoms with E-state index in [1.165, 1.54) is 11.8 Å². The summed E-state index contributed by atoms with van der Waals surface area (Å²) in [5.74, 6) is 1.35. The minimum Gasteiger partial charge on any atom is -0.497 e. The molecule has 0 bridgehead atoms. The molecule has 6 nitrogen and oxygen atoms in total. The van der Waals surface area contributed by atoms with Crippen LogP contribution in [0.4, 0.5) is 5.69 Å². The minimum atomic E-state index is -0.324. The quantitative estimate of drug-likeness (QED) is 0.645. The molecule has 1 unspecified atom stereocenters. The summed E-state index contributed by atoms with van der Waals surface area (Å²) in [5.41, 5.74) is 2.79. The number of aryl methyl sites for hydroxylation is 1. The maximum Gasteiger partial charge on any atom is 0.237 e. The normalized spacial score (nSPS) is 11.8. The summed E-state index contributed by atoms with van der Waals surface area (Å²) in [6.45, 7) is 3.82. The van der Waals surface area contributed by atoms with Crippen molar-refractivity contribution in [3.05, 3.63) is 54.1 Å². The van der Waals surface area contributed by atoms with Gasteiger partial charge in [-0.1, -0.05) is 23.9 Å². The first kappa shape index (κ1) is 18.0. The van der Waals surface area contributed by atoms with Crippen molar-refractivity contribution >= 4 is 23.4 Å². The molecule has 1 atom stereocenters. The van der Waals surface area contributed by atoms with Crippen LogP contribution >= 0.6 is 11.8 Å². The van der Waals surface area contributed by atoms with Crippen LogP contribution in [0, 0.1) is 6.92 Å². The van der Waals surface area contributed by atoms with Gasteiger partial charge in [0.15, 0.2) is 5.82 Å². The second kappa shape index (κ2) is 8.05. The number of aromatic amines is 1. The number of methoxy groups -OCH3 is 1. The molecular formula is C19H20N4O2S. The molecular weight excluding hydrogens is 348 g/mol. The van der Waals surface area contributed by atoms with Crippen molar-refractivity contribution in [1.29, 1.82) is 0 Å². The van der Waals surface area contributed by atoms with Crippen LogP contribution in [-0.4, -0.2) is 33.4 Å². The van der Waals surface area contributed by atoms with Crippen LogP contribution in [0.5, 0.6) is 5.75 Å². The van der Waals surface area contributed by atoms with Gasteiger partial charge in [-0.05, 0) is 55.8 Å². The van der Waals surface area contributed by atoms with Crippen molar-refractivity contribution in [3.8, 4) is 17.1 Å². The third-order valence-corrected chi connectivity index (χ3v) is 4.73. The van der Waals surface area contributed by atoms with E-state index < -0.39 is 0 Å². The van der Waals surface area contributed by atoms with Crippen molar-refractivity contribution in [1.82, 2.24) is 15.2 Å². The summed E-state index contributed by atoms with van der Waals surface area (Å²) in [6, 6.07) is 15.2. The molecule has 3 aromatic rings. The number of amides is 1. The van der Waals surface area contributed by atoms with E-state index in [0.717, 1.165) is 22.6 Å². The Morgan fingerprint density at radius 3 is 2.69 bits per heavy atom. The average Bonchev–Trinajstić information content (AvgIpc) is 3.10. The van der Waals surface area contributed by atoms with Gasteiger partial charge < -0.3 is 10.1 Å². The predicted octanol–water partition coefficient (Wildman–Crippen LogP) is 3.91. The number of hydrogen-bond acceptors (Lipinski definition) is 5. The standard InChI is InChI=1S/C19H20N4O2S/c1-12-5-4-6-15(11-12)20-18(24)13(2)26-19-21-17(22-23-19)14-7-9-16(25-3)10-8-14/h4-11,13H,1-3H3,(H,20,24)(H,21,22,23). The summed E-state index contributed by atoms with van der Waals surface area (Å²) in [6.07, 6.45) is 0. The Bertz CT molecular complexity index is 893. The number of hydrogen-bond donors (Lipinski definition) is 2. The van der Waals surface area contributed by atoms with Gasteiger partial charge in [0.05, 0.1) is 12.4 Å². The van der Waals surface area contributed by atoms with Gasteiger partial charge >= 0.3 is 0 Å². The van der Waals surface area contributed by atoms with Crippen molar-refractivity contribution in [2.24, 2.45) is 0 Å². The van der Waals surface area contributed by atoms with E-state index in [9.17, 15) is 4.79 Å². The molecule has 7 heteroatoms. The number of thioether (sulfide) groups is 1. The fraction of sp³-hybridized carbons (Fsp3) is 0.211. The van der Waals surface area contributed by atoms with Crippen LogP contribution in [0.3, 0.4) is 0 Å². The topological polar surface area (TPSA) is 79.9 Å². The van der Waals surface area contributed by atoms with Gasteiger partial charge in [0, 0.05) is 11.3 Å². The number of carbonyl (C=O) groups excluding carboxylic acids is 1. The lowest BCUT2D eigenvalue weighted by Crippen LogP contribution is -2.22. The molecule has 0 aliphatic rings. The molecule has 26 heavy (non-hydrogen) atoms. The zero-order chi connectivity index (χ0) is 18.5. The van der Waals surface area contributed by atoms with Crippen LogP contribution in [0.15, 0.2) is 53.7 Å². The van der Waals surface area contributed by atoms with E-state index in [-0.39, 0.29) is 11.2 Å². The lowest BCUT2D eigenvalue weighted by atomic mass is 10.2. The highest BCUT2D eigenvalue weighted by molar-refractivity contribution is 8.00. The number of benzene rings is 2. The first-order valence-corrected chi connectivity index (χ1v) is 9.04. The molecule has 0 spiro atoms. The summed E-state index contributed by atoms with van der Waals surface area (Å²) >= 11 is 1.31. The molecule has 0 radical (unpaired) electrons. The van der Waals surface area contributed by atoms with Gasteiger partial charge in [-0.3, -0.25) is 9.89 Å². The van der Waals surface area contributed by atoms with E-state index >= 15 is 0 Å². The smallest absolute Gasteiger partial charge is 0.237 e. The molecule has 134 valence electrons. The highest BCUT2D eigenvalue weighted by Gasteiger charge is 2.17. The Morgan fingerprint density at radius 2 is 2.00 bits per heavy atom. The lowest BCUT2D eigenvalue weighted by molar-refractivity contribution is -0.115. The Hall–Kier alpha value is -2.80. The fourth-order valence-electron chi connectivity index (χ4n) is 2.36. The molecule has 2 N–H and O–H groups in total. The van der Waals surface area contributed by atoms with Crippen LogP contribution in [-0.2, 0) is 4.79 Å². The molecule has 2 aromatic carbocycles. The molecule has 3 rings (SSSR count). The number of ether oxygens (including phenoxy) is 1. The Morgan fingerprint density at radius 1 is 1.23 bits per heavy atom. The van der Waals surface area contributed by atoms with Gasteiger partial charge in [-0.25, -0.2) is 4.98 Å². The number of aromatic nitrogens is 3. The van der Waals surface area contributed by atoms with Gasteiger partial charge in [0.25, 0.3) is 0 Å². The second-order valence-corrected chi connectivity index (χ2v) is 7.12. The summed E-state index contributed by atoms with van der Waals surface area (Å²) in [5, 5.41) is 10.2. The highest BCUT2D eigenvalue weighted by Crippen LogP contribution is 2.24. The van der Waals surface area contributed by atoms with Gasteiger partial charge in [-0.15, -0.1) is 5.10 Å². The Balaban J connectivity index is 1.63. The zero-order valence-electron chi connectivity index (χ0n) is 14.8. The van der Waals surface area contributed by atoms with Crippen LogP contribution in [0.25, 0.3) is 11.4 Å². The van der Waals surface area contributed by atoms with Crippen molar-refractivity contribution < 1.29 is 9.53 Å².